The summed E-state index contributed by atoms with van der Waals surface area (Å²) < 4.78 is 0. The number of hydrogen-bond acceptors (Lipinski definition) is 4. The van der Waals surface area contributed by atoms with E-state index in [1.54, 1.807) is 6.20 Å². The Hall–Kier alpha value is -2.23. The summed E-state index contributed by atoms with van der Waals surface area (Å²) in [4.78, 5) is 26.7. The molecule has 1 aliphatic rings. The van der Waals surface area contributed by atoms with Crippen LogP contribution in [-0.2, 0) is 16.0 Å². The maximum absolute atomic E-state index is 11.4. The lowest BCUT2D eigenvalue weighted by Crippen LogP contribution is -2.24. The zero-order valence-electron chi connectivity index (χ0n) is 9.22. The van der Waals surface area contributed by atoms with Gasteiger partial charge in [0.2, 0.25) is 5.78 Å². The fourth-order valence-electron chi connectivity index (χ4n) is 1.52. The maximum Gasteiger partial charge on any atom is 0.201 e. The van der Waals surface area contributed by atoms with Crippen molar-refractivity contribution in [1.29, 1.82) is 0 Å². The first-order chi connectivity index (χ1) is 8.25. The number of ketones is 2. The molecule has 0 aromatic carbocycles. The van der Waals surface area contributed by atoms with Crippen LogP contribution in [0.5, 0.6) is 0 Å². The van der Waals surface area contributed by atoms with Crippen molar-refractivity contribution in [1.82, 2.24) is 10.3 Å². The van der Waals surface area contributed by atoms with Crippen molar-refractivity contribution >= 4 is 11.6 Å². The average Bonchev–Trinajstić information content (AvgIpc) is 2.35. The van der Waals surface area contributed by atoms with Crippen LogP contribution in [0.25, 0.3) is 0 Å². The smallest absolute Gasteiger partial charge is 0.201 e. The lowest BCUT2D eigenvalue weighted by Gasteiger charge is -2.09. The molecule has 0 spiro atoms. The molecule has 0 saturated carbocycles. The van der Waals surface area contributed by atoms with Crippen molar-refractivity contribution in [2.45, 2.75) is 6.42 Å². The molecule has 0 fully saturated rings. The van der Waals surface area contributed by atoms with E-state index in [1.165, 1.54) is 18.2 Å². The van der Waals surface area contributed by atoms with Gasteiger partial charge in [-0.15, -0.1) is 0 Å². The molecule has 0 amide bonds. The molecule has 0 atom stereocenters. The second-order valence-electron chi connectivity index (χ2n) is 3.66. The first kappa shape index (κ1) is 11.3. The van der Waals surface area contributed by atoms with E-state index < -0.39 is 0 Å². The first-order valence-corrected chi connectivity index (χ1v) is 5.37. The molecule has 17 heavy (non-hydrogen) atoms. The predicted octanol–water partition coefficient (Wildman–Crippen LogP) is 0.806. The van der Waals surface area contributed by atoms with E-state index in [2.05, 4.69) is 10.3 Å². The first-order valence-electron chi connectivity index (χ1n) is 5.37. The number of pyridine rings is 1. The highest BCUT2D eigenvalue weighted by atomic mass is 16.1. The fraction of sp³-hybridized carbons (Fsp3) is 0.154. The third-order valence-corrected chi connectivity index (χ3v) is 2.37. The van der Waals surface area contributed by atoms with E-state index in [4.69, 9.17) is 0 Å². The number of aromatic nitrogens is 1. The van der Waals surface area contributed by atoms with Gasteiger partial charge in [0.05, 0.1) is 5.70 Å². The number of carbonyl (C=O) groups is 2. The van der Waals surface area contributed by atoms with Crippen LogP contribution < -0.4 is 5.32 Å². The second kappa shape index (κ2) is 5.21. The molecule has 0 unspecified atom stereocenters. The summed E-state index contributed by atoms with van der Waals surface area (Å²) in [5.41, 5.74) is 1.30. The van der Waals surface area contributed by atoms with Gasteiger partial charge >= 0.3 is 0 Å². The molecule has 0 bridgehead atoms. The summed E-state index contributed by atoms with van der Waals surface area (Å²) in [6.07, 6.45) is 6.31. The van der Waals surface area contributed by atoms with E-state index in [0.717, 1.165) is 5.69 Å². The van der Waals surface area contributed by atoms with Crippen LogP contribution in [0.3, 0.4) is 0 Å². The van der Waals surface area contributed by atoms with Gasteiger partial charge in [-0.05, 0) is 24.3 Å². The van der Waals surface area contributed by atoms with E-state index in [0.29, 0.717) is 18.7 Å². The summed E-state index contributed by atoms with van der Waals surface area (Å²) in [5.74, 6) is -0.324. The summed E-state index contributed by atoms with van der Waals surface area (Å²) >= 11 is 0. The van der Waals surface area contributed by atoms with E-state index in [9.17, 15) is 9.59 Å². The Morgan fingerprint density at radius 3 is 2.82 bits per heavy atom. The molecule has 1 aromatic rings. The summed E-state index contributed by atoms with van der Waals surface area (Å²) in [5, 5.41) is 2.95. The molecule has 0 aliphatic heterocycles. The molecule has 1 N–H and O–H groups in total. The third-order valence-electron chi connectivity index (χ3n) is 2.37. The molecule has 0 radical (unpaired) electrons. The molecule has 1 heterocycles. The van der Waals surface area contributed by atoms with Crippen LogP contribution in [0.15, 0.2) is 48.3 Å². The summed E-state index contributed by atoms with van der Waals surface area (Å²) in [6.45, 7) is 0.579. The molecule has 1 aliphatic carbocycles. The van der Waals surface area contributed by atoms with Crippen LogP contribution in [0, 0.1) is 0 Å². The highest BCUT2D eigenvalue weighted by Crippen LogP contribution is 2.02. The van der Waals surface area contributed by atoms with Crippen molar-refractivity contribution in [3.63, 3.8) is 0 Å². The topological polar surface area (TPSA) is 59.1 Å². The zero-order valence-corrected chi connectivity index (χ0v) is 9.22. The molecule has 86 valence electrons. The normalized spacial score (nSPS) is 14.7. The monoisotopic (exact) mass is 228 g/mol. The minimum Gasteiger partial charge on any atom is -0.381 e. The van der Waals surface area contributed by atoms with Gasteiger partial charge in [0.1, 0.15) is 0 Å². The number of nitrogens with one attached hydrogen (secondary N) is 1. The van der Waals surface area contributed by atoms with Crippen LogP contribution >= 0.6 is 0 Å². The van der Waals surface area contributed by atoms with Gasteiger partial charge in [-0.2, -0.15) is 0 Å². The average molecular weight is 228 g/mol. The zero-order chi connectivity index (χ0) is 12.1. The van der Waals surface area contributed by atoms with Crippen molar-refractivity contribution < 1.29 is 9.59 Å². The highest BCUT2D eigenvalue weighted by molar-refractivity contribution is 6.16. The van der Waals surface area contributed by atoms with Gasteiger partial charge in [-0.1, -0.05) is 6.07 Å². The van der Waals surface area contributed by atoms with Gasteiger partial charge in [0.15, 0.2) is 5.78 Å². The molecule has 4 nitrogen and oxygen atoms in total. The number of hydrogen-bond donors (Lipinski definition) is 1. The van der Waals surface area contributed by atoms with E-state index >= 15 is 0 Å². The van der Waals surface area contributed by atoms with Crippen molar-refractivity contribution in [2.75, 3.05) is 6.54 Å². The number of nitrogens with zero attached hydrogens (tertiary/aromatic N) is 1. The summed E-state index contributed by atoms with van der Waals surface area (Å²) in [6, 6.07) is 5.69. The summed E-state index contributed by atoms with van der Waals surface area (Å²) in [7, 11) is 0. The molecule has 1 aromatic heterocycles. The molecular formula is C13H12N2O2. The largest absolute Gasteiger partial charge is 0.381 e. The molecule has 4 heteroatoms. The van der Waals surface area contributed by atoms with Crippen molar-refractivity contribution in [3.05, 3.63) is 54.0 Å². The van der Waals surface area contributed by atoms with Gasteiger partial charge in [-0.3, -0.25) is 14.6 Å². The minimum absolute atomic E-state index is 0.161. The Morgan fingerprint density at radius 2 is 2.06 bits per heavy atom. The Labute approximate surface area is 99.1 Å². The lowest BCUT2D eigenvalue weighted by atomic mass is 10.1. The Balaban J connectivity index is 1.87. The van der Waals surface area contributed by atoms with Gasteiger partial charge in [0, 0.05) is 30.9 Å². The van der Waals surface area contributed by atoms with Gasteiger partial charge < -0.3 is 5.32 Å². The molecule has 0 saturated heterocycles. The Morgan fingerprint density at radius 1 is 1.18 bits per heavy atom. The SMILES string of the molecule is O=C1C=CC(=O)C(NCCc2ccccn2)=C1. The van der Waals surface area contributed by atoms with Crippen molar-refractivity contribution in [3.8, 4) is 0 Å². The predicted molar refractivity (Wildman–Crippen MR) is 63.2 cm³/mol. The third kappa shape index (κ3) is 3.11. The van der Waals surface area contributed by atoms with E-state index in [-0.39, 0.29) is 11.6 Å². The van der Waals surface area contributed by atoms with Gasteiger partial charge in [0.25, 0.3) is 0 Å². The van der Waals surface area contributed by atoms with Gasteiger partial charge in [-0.25, -0.2) is 0 Å². The van der Waals surface area contributed by atoms with Crippen LogP contribution in [0.4, 0.5) is 0 Å². The van der Waals surface area contributed by atoms with E-state index in [1.807, 2.05) is 18.2 Å². The quantitative estimate of drug-likeness (QED) is 0.775. The molecular weight excluding hydrogens is 216 g/mol. The minimum atomic E-state index is -0.162. The number of carbonyl (C=O) groups excluding carboxylic acids is 2. The van der Waals surface area contributed by atoms with Crippen LogP contribution in [0.2, 0.25) is 0 Å². The van der Waals surface area contributed by atoms with Crippen LogP contribution in [0.1, 0.15) is 5.69 Å². The van der Waals surface area contributed by atoms with Crippen molar-refractivity contribution in [2.24, 2.45) is 0 Å². The molecule has 2 rings (SSSR count). The highest BCUT2D eigenvalue weighted by Gasteiger charge is 2.12. The van der Waals surface area contributed by atoms with Crippen LogP contribution in [-0.4, -0.2) is 23.1 Å². The number of rotatable bonds is 4. The number of allylic oxidation sites excluding steroid dienone is 3. The second-order valence-corrected chi connectivity index (χ2v) is 3.66. The fourth-order valence-corrected chi connectivity index (χ4v) is 1.52. The maximum atomic E-state index is 11.4. The Kier molecular flexibility index (Phi) is 3.45. The lowest BCUT2D eigenvalue weighted by molar-refractivity contribution is -0.114. The standard InChI is InChI=1S/C13H12N2O2/c16-11-4-5-13(17)12(9-11)15-8-6-10-3-1-2-7-14-10/h1-5,7,9,15H,6,8H2. The Bertz CT molecular complexity index is 489.